The molecule has 1 heterocycles. The van der Waals surface area contributed by atoms with Gasteiger partial charge in [-0.25, -0.2) is 4.98 Å². The first kappa shape index (κ1) is 9.66. The second-order valence-corrected chi connectivity index (χ2v) is 5.77. The quantitative estimate of drug-likeness (QED) is 0.755. The van der Waals surface area contributed by atoms with Crippen LogP contribution in [-0.4, -0.2) is 10.3 Å². The fraction of sp³-hybridized carbons (Fsp3) is 0.700. The molecular formula is C10H14BrNS. The number of rotatable bonds is 3. The van der Waals surface area contributed by atoms with E-state index >= 15 is 0 Å². The van der Waals surface area contributed by atoms with Gasteiger partial charge in [-0.15, -0.1) is 11.3 Å². The fourth-order valence-corrected chi connectivity index (χ4v) is 2.94. The molecule has 13 heavy (non-hydrogen) atoms. The number of nitrogens with zero attached hydrogens (tertiary/aromatic N) is 1. The number of thiazole rings is 1. The first-order chi connectivity index (χ1) is 6.15. The van der Waals surface area contributed by atoms with Gasteiger partial charge in [0.15, 0.2) is 0 Å². The first-order valence-electron chi connectivity index (χ1n) is 4.65. The molecule has 2 rings (SSSR count). The summed E-state index contributed by atoms with van der Waals surface area (Å²) in [6.07, 6.45) is 2.68. The Morgan fingerprint density at radius 3 is 2.85 bits per heavy atom. The molecule has 72 valence electrons. The van der Waals surface area contributed by atoms with Crippen molar-refractivity contribution in [3.05, 3.63) is 16.1 Å². The third-order valence-corrected chi connectivity index (χ3v) is 5.12. The predicted octanol–water partition coefficient (Wildman–Crippen LogP) is 3.69. The molecule has 0 spiro atoms. The van der Waals surface area contributed by atoms with Crippen LogP contribution >= 0.6 is 27.3 Å². The van der Waals surface area contributed by atoms with Crippen LogP contribution in [0.5, 0.6) is 0 Å². The van der Waals surface area contributed by atoms with Gasteiger partial charge in [-0.1, -0.05) is 29.8 Å². The van der Waals surface area contributed by atoms with Crippen LogP contribution in [-0.2, 0) is 5.41 Å². The Hall–Kier alpha value is 0.110. The average Bonchev–Trinajstić information content (AvgIpc) is 2.83. The molecule has 0 bridgehead atoms. The zero-order valence-electron chi connectivity index (χ0n) is 8.01. The summed E-state index contributed by atoms with van der Waals surface area (Å²) in [6, 6.07) is 0. The van der Waals surface area contributed by atoms with Crippen molar-refractivity contribution in [2.45, 2.75) is 38.0 Å². The summed E-state index contributed by atoms with van der Waals surface area (Å²) in [7, 11) is 0. The van der Waals surface area contributed by atoms with Crippen LogP contribution in [0.4, 0.5) is 0 Å². The van der Waals surface area contributed by atoms with Crippen molar-refractivity contribution in [3.63, 3.8) is 0 Å². The molecule has 1 aliphatic carbocycles. The van der Waals surface area contributed by atoms with E-state index < -0.39 is 0 Å². The lowest BCUT2D eigenvalue weighted by Crippen LogP contribution is -2.18. The van der Waals surface area contributed by atoms with E-state index in [-0.39, 0.29) is 5.41 Å². The van der Waals surface area contributed by atoms with Gasteiger partial charge in [-0.05, 0) is 12.8 Å². The zero-order valence-corrected chi connectivity index (χ0v) is 10.4. The van der Waals surface area contributed by atoms with E-state index in [4.69, 9.17) is 0 Å². The van der Waals surface area contributed by atoms with Gasteiger partial charge in [0.2, 0.25) is 0 Å². The average molecular weight is 260 g/mol. The summed E-state index contributed by atoms with van der Waals surface area (Å²) in [5, 5.41) is 1.02. The maximum Gasteiger partial charge on any atom is 0.0798 e. The van der Waals surface area contributed by atoms with Gasteiger partial charge in [0, 0.05) is 21.5 Å². The molecule has 3 heteroatoms. The second-order valence-electron chi connectivity index (χ2n) is 4.36. The number of hydrogen-bond acceptors (Lipinski definition) is 2. The molecule has 1 aliphatic rings. The van der Waals surface area contributed by atoms with E-state index in [1.807, 2.05) is 16.8 Å². The smallest absolute Gasteiger partial charge is 0.0798 e. The number of halogens is 1. The van der Waals surface area contributed by atoms with Crippen molar-refractivity contribution in [2.24, 2.45) is 0 Å². The first-order valence-corrected chi connectivity index (χ1v) is 6.65. The van der Waals surface area contributed by atoms with E-state index in [1.165, 1.54) is 23.4 Å². The van der Waals surface area contributed by atoms with Crippen molar-refractivity contribution >= 4 is 27.3 Å². The lowest BCUT2D eigenvalue weighted by molar-refractivity contribution is 0.610. The van der Waals surface area contributed by atoms with Crippen molar-refractivity contribution in [2.75, 3.05) is 5.33 Å². The summed E-state index contributed by atoms with van der Waals surface area (Å²) in [5.41, 5.74) is 3.61. The van der Waals surface area contributed by atoms with Gasteiger partial charge in [-0.3, -0.25) is 0 Å². The Bertz CT molecular complexity index is 302. The Balaban J connectivity index is 2.33. The zero-order chi connectivity index (χ0) is 9.47. The summed E-state index contributed by atoms with van der Waals surface area (Å²) < 4.78 is 0. The van der Waals surface area contributed by atoms with Crippen LogP contribution in [0.2, 0.25) is 0 Å². The Kier molecular flexibility index (Phi) is 2.49. The van der Waals surface area contributed by atoms with Crippen molar-refractivity contribution in [1.29, 1.82) is 0 Å². The van der Waals surface area contributed by atoms with Crippen LogP contribution in [0.15, 0.2) is 5.51 Å². The minimum atomic E-state index is 0.249. The van der Waals surface area contributed by atoms with Gasteiger partial charge in [0.1, 0.15) is 0 Å². The normalized spacial score (nSPS) is 17.8. The maximum atomic E-state index is 4.49. The predicted molar refractivity (Wildman–Crippen MR) is 60.9 cm³/mol. The molecule has 0 aliphatic heterocycles. The molecule has 1 fully saturated rings. The molecule has 1 nitrogen and oxygen atoms in total. The van der Waals surface area contributed by atoms with E-state index in [0.29, 0.717) is 0 Å². The third kappa shape index (κ3) is 1.82. The molecule has 0 amide bonds. The van der Waals surface area contributed by atoms with Crippen LogP contribution in [0.1, 0.15) is 43.2 Å². The maximum absolute atomic E-state index is 4.49. The molecule has 1 aromatic heterocycles. The fourth-order valence-electron chi connectivity index (χ4n) is 1.47. The number of aromatic nitrogens is 1. The van der Waals surface area contributed by atoms with E-state index in [1.54, 1.807) is 0 Å². The monoisotopic (exact) mass is 259 g/mol. The molecule has 0 radical (unpaired) electrons. The minimum Gasteiger partial charge on any atom is -0.249 e. The Labute approximate surface area is 91.7 Å². The van der Waals surface area contributed by atoms with Crippen LogP contribution in [0.3, 0.4) is 0 Å². The van der Waals surface area contributed by atoms with E-state index in [2.05, 4.69) is 34.8 Å². The van der Waals surface area contributed by atoms with Crippen LogP contribution in [0.25, 0.3) is 0 Å². The van der Waals surface area contributed by atoms with Gasteiger partial charge in [0.05, 0.1) is 11.2 Å². The molecule has 1 aromatic rings. The third-order valence-electron chi connectivity index (χ3n) is 2.51. The van der Waals surface area contributed by atoms with Crippen molar-refractivity contribution < 1.29 is 0 Å². The highest BCUT2D eigenvalue weighted by Gasteiger charge is 2.33. The van der Waals surface area contributed by atoms with Gasteiger partial charge in [-0.2, -0.15) is 0 Å². The van der Waals surface area contributed by atoms with Gasteiger partial charge < -0.3 is 0 Å². The van der Waals surface area contributed by atoms with E-state index in [0.717, 1.165) is 11.2 Å². The van der Waals surface area contributed by atoms with Crippen LogP contribution < -0.4 is 0 Å². The molecule has 0 unspecified atom stereocenters. The van der Waals surface area contributed by atoms with Crippen molar-refractivity contribution in [3.8, 4) is 0 Å². The molecule has 0 N–H and O–H groups in total. The summed E-state index contributed by atoms with van der Waals surface area (Å²) in [6.45, 7) is 4.56. The largest absolute Gasteiger partial charge is 0.249 e. The van der Waals surface area contributed by atoms with Gasteiger partial charge >= 0.3 is 0 Å². The highest BCUT2D eigenvalue weighted by atomic mass is 79.9. The summed E-state index contributed by atoms with van der Waals surface area (Å²) in [4.78, 5) is 5.97. The SMILES string of the molecule is CC(C)(CBr)c1scnc1C1CC1. The summed E-state index contributed by atoms with van der Waals surface area (Å²) in [5.74, 6) is 0.777. The Morgan fingerprint density at radius 1 is 1.62 bits per heavy atom. The molecular weight excluding hydrogens is 246 g/mol. The molecule has 0 aromatic carbocycles. The highest BCUT2D eigenvalue weighted by molar-refractivity contribution is 9.09. The lowest BCUT2D eigenvalue weighted by Gasteiger charge is -2.21. The number of hydrogen-bond donors (Lipinski definition) is 0. The van der Waals surface area contributed by atoms with Crippen molar-refractivity contribution in [1.82, 2.24) is 4.98 Å². The highest BCUT2D eigenvalue weighted by Crippen LogP contribution is 2.45. The molecule has 1 saturated carbocycles. The van der Waals surface area contributed by atoms with Gasteiger partial charge in [0.25, 0.3) is 0 Å². The number of alkyl halides is 1. The molecule has 0 atom stereocenters. The Morgan fingerprint density at radius 2 is 2.31 bits per heavy atom. The lowest BCUT2D eigenvalue weighted by atomic mass is 9.92. The topological polar surface area (TPSA) is 12.9 Å². The summed E-state index contributed by atoms with van der Waals surface area (Å²) >= 11 is 5.38. The molecule has 0 saturated heterocycles. The standard InChI is InChI=1S/C10H14BrNS/c1-10(2,5-11)9-8(7-3-4-7)12-6-13-9/h6-7H,3-5H2,1-2H3. The van der Waals surface area contributed by atoms with Crippen LogP contribution in [0, 0.1) is 0 Å². The second kappa shape index (κ2) is 3.35. The minimum absolute atomic E-state index is 0.249. The van der Waals surface area contributed by atoms with E-state index in [9.17, 15) is 0 Å².